The monoisotopic (exact) mass is 254 g/mol. The third-order valence-corrected chi connectivity index (χ3v) is 4.22. The number of hydrogen-bond acceptors (Lipinski definition) is 2. The van der Waals surface area contributed by atoms with Crippen LogP contribution in [0.1, 0.15) is 66.2 Å². The highest BCUT2D eigenvalue weighted by molar-refractivity contribution is 4.85. The Kier molecular flexibility index (Phi) is 7.92. The van der Waals surface area contributed by atoms with Gasteiger partial charge in [0, 0.05) is 25.2 Å². The van der Waals surface area contributed by atoms with Crippen LogP contribution >= 0.6 is 0 Å². The SMILES string of the molecule is CCCCCCCCN1CC(C)NCC1C(C)C. The van der Waals surface area contributed by atoms with Crippen molar-refractivity contribution >= 4 is 0 Å². The first-order valence-corrected chi connectivity index (χ1v) is 8.12. The van der Waals surface area contributed by atoms with Gasteiger partial charge in [0.1, 0.15) is 0 Å². The molecule has 1 rings (SSSR count). The van der Waals surface area contributed by atoms with Gasteiger partial charge < -0.3 is 5.32 Å². The summed E-state index contributed by atoms with van der Waals surface area (Å²) in [6.45, 7) is 13.0. The van der Waals surface area contributed by atoms with Crippen LogP contribution in [-0.2, 0) is 0 Å². The average Bonchev–Trinajstić information content (AvgIpc) is 2.33. The molecule has 1 N–H and O–H groups in total. The summed E-state index contributed by atoms with van der Waals surface area (Å²) < 4.78 is 0. The molecule has 0 amide bonds. The minimum Gasteiger partial charge on any atom is -0.311 e. The van der Waals surface area contributed by atoms with Crippen molar-refractivity contribution in [1.29, 1.82) is 0 Å². The van der Waals surface area contributed by atoms with Crippen LogP contribution in [-0.4, -0.2) is 36.6 Å². The van der Waals surface area contributed by atoms with E-state index in [2.05, 4.69) is 37.9 Å². The Morgan fingerprint density at radius 2 is 1.78 bits per heavy atom. The number of unbranched alkanes of at least 4 members (excludes halogenated alkanes) is 5. The van der Waals surface area contributed by atoms with Crippen molar-refractivity contribution in [3.8, 4) is 0 Å². The Balaban J connectivity index is 2.20. The maximum absolute atomic E-state index is 3.62. The maximum atomic E-state index is 3.62. The van der Waals surface area contributed by atoms with Crippen molar-refractivity contribution in [2.75, 3.05) is 19.6 Å². The third-order valence-electron chi connectivity index (χ3n) is 4.22. The highest BCUT2D eigenvalue weighted by atomic mass is 15.2. The fourth-order valence-electron chi connectivity index (χ4n) is 3.01. The minimum atomic E-state index is 0.667. The topological polar surface area (TPSA) is 15.3 Å². The number of piperazine rings is 1. The van der Waals surface area contributed by atoms with Gasteiger partial charge in [0.05, 0.1) is 0 Å². The number of hydrogen-bond donors (Lipinski definition) is 1. The molecule has 1 aliphatic rings. The second-order valence-electron chi connectivity index (χ2n) is 6.38. The normalized spacial score (nSPS) is 25.8. The predicted octanol–water partition coefficient (Wildman–Crippen LogP) is 3.67. The van der Waals surface area contributed by atoms with Crippen LogP contribution in [0.15, 0.2) is 0 Å². The Bertz CT molecular complexity index is 203. The van der Waals surface area contributed by atoms with Gasteiger partial charge in [0.25, 0.3) is 0 Å². The Hall–Kier alpha value is -0.0800. The smallest absolute Gasteiger partial charge is 0.0244 e. The van der Waals surface area contributed by atoms with Crippen LogP contribution < -0.4 is 5.32 Å². The molecule has 2 atom stereocenters. The number of rotatable bonds is 8. The van der Waals surface area contributed by atoms with E-state index in [1.807, 2.05) is 0 Å². The maximum Gasteiger partial charge on any atom is 0.0244 e. The number of nitrogens with one attached hydrogen (secondary N) is 1. The second kappa shape index (κ2) is 8.92. The first kappa shape index (κ1) is 16.0. The molecule has 2 heteroatoms. The van der Waals surface area contributed by atoms with Gasteiger partial charge in [-0.25, -0.2) is 0 Å². The first-order valence-electron chi connectivity index (χ1n) is 8.12. The zero-order valence-electron chi connectivity index (χ0n) is 13.0. The summed E-state index contributed by atoms with van der Waals surface area (Å²) in [6, 6.07) is 1.41. The van der Waals surface area contributed by atoms with Gasteiger partial charge in [-0.1, -0.05) is 52.9 Å². The molecule has 1 aliphatic heterocycles. The van der Waals surface area contributed by atoms with Crippen molar-refractivity contribution in [2.45, 2.75) is 78.3 Å². The summed E-state index contributed by atoms with van der Waals surface area (Å²) in [5.74, 6) is 0.769. The van der Waals surface area contributed by atoms with Gasteiger partial charge in [0.15, 0.2) is 0 Å². The molecule has 1 saturated heterocycles. The van der Waals surface area contributed by atoms with Crippen molar-refractivity contribution in [3.05, 3.63) is 0 Å². The highest BCUT2D eigenvalue weighted by Crippen LogP contribution is 2.16. The van der Waals surface area contributed by atoms with E-state index in [-0.39, 0.29) is 0 Å². The molecule has 0 aromatic rings. The fraction of sp³-hybridized carbons (Fsp3) is 1.00. The van der Waals surface area contributed by atoms with E-state index < -0.39 is 0 Å². The van der Waals surface area contributed by atoms with Crippen molar-refractivity contribution in [2.24, 2.45) is 5.92 Å². The first-order chi connectivity index (χ1) is 8.65. The molecule has 2 unspecified atom stereocenters. The molecule has 0 spiro atoms. The third kappa shape index (κ3) is 5.71. The molecular formula is C16H34N2. The lowest BCUT2D eigenvalue weighted by Crippen LogP contribution is -2.57. The molecule has 0 saturated carbocycles. The largest absolute Gasteiger partial charge is 0.311 e. The van der Waals surface area contributed by atoms with E-state index in [9.17, 15) is 0 Å². The molecule has 0 bridgehead atoms. The van der Waals surface area contributed by atoms with E-state index in [1.165, 1.54) is 58.2 Å². The molecule has 0 aliphatic carbocycles. The summed E-state index contributed by atoms with van der Waals surface area (Å²) >= 11 is 0. The molecular weight excluding hydrogens is 220 g/mol. The molecule has 0 radical (unpaired) electrons. The summed E-state index contributed by atoms with van der Waals surface area (Å²) in [5, 5.41) is 3.62. The molecule has 2 nitrogen and oxygen atoms in total. The predicted molar refractivity (Wildman–Crippen MR) is 81.0 cm³/mol. The Labute approximate surface area is 115 Å². The van der Waals surface area contributed by atoms with E-state index in [4.69, 9.17) is 0 Å². The lowest BCUT2D eigenvalue weighted by atomic mass is 9.98. The van der Waals surface area contributed by atoms with Crippen LogP contribution in [0.4, 0.5) is 0 Å². The fourth-order valence-corrected chi connectivity index (χ4v) is 3.01. The van der Waals surface area contributed by atoms with Crippen LogP contribution in [0.2, 0.25) is 0 Å². The molecule has 0 aromatic carbocycles. The summed E-state index contributed by atoms with van der Waals surface area (Å²) in [4.78, 5) is 2.73. The van der Waals surface area contributed by atoms with Gasteiger partial charge in [-0.05, 0) is 25.8 Å². The van der Waals surface area contributed by atoms with Gasteiger partial charge in [-0.15, -0.1) is 0 Å². The van der Waals surface area contributed by atoms with E-state index >= 15 is 0 Å². The quantitative estimate of drug-likeness (QED) is 0.665. The van der Waals surface area contributed by atoms with Gasteiger partial charge >= 0.3 is 0 Å². The van der Waals surface area contributed by atoms with Crippen LogP contribution in [0.3, 0.4) is 0 Å². The Morgan fingerprint density at radius 3 is 2.44 bits per heavy atom. The van der Waals surface area contributed by atoms with Gasteiger partial charge in [0.2, 0.25) is 0 Å². The van der Waals surface area contributed by atoms with Crippen LogP contribution in [0, 0.1) is 5.92 Å². The van der Waals surface area contributed by atoms with Crippen molar-refractivity contribution in [3.63, 3.8) is 0 Å². The summed E-state index contributed by atoms with van der Waals surface area (Å²) in [7, 11) is 0. The molecule has 1 heterocycles. The zero-order chi connectivity index (χ0) is 13.4. The van der Waals surface area contributed by atoms with E-state index in [0.29, 0.717) is 6.04 Å². The van der Waals surface area contributed by atoms with E-state index in [0.717, 1.165) is 12.0 Å². The lowest BCUT2D eigenvalue weighted by Gasteiger charge is -2.41. The summed E-state index contributed by atoms with van der Waals surface area (Å²) in [6.07, 6.45) is 8.44. The standard InChI is InChI=1S/C16H34N2/c1-5-6-7-8-9-10-11-18-13-15(4)17-12-16(18)14(2)3/h14-17H,5-13H2,1-4H3. The van der Waals surface area contributed by atoms with E-state index in [1.54, 1.807) is 0 Å². The van der Waals surface area contributed by atoms with Gasteiger partial charge in [-0.3, -0.25) is 4.90 Å². The zero-order valence-corrected chi connectivity index (χ0v) is 13.0. The number of nitrogens with zero attached hydrogens (tertiary/aromatic N) is 1. The molecule has 0 aromatic heterocycles. The highest BCUT2D eigenvalue weighted by Gasteiger charge is 2.27. The van der Waals surface area contributed by atoms with Crippen molar-refractivity contribution in [1.82, 2.24) is 10.2 Å². The molecule has 1 fully saturated rings. The average molecular weight is 254 g/mol. The van der Waals surface area contributed by atoms with Crippen LogP contribution in [0.25, 0.3) is 0 Å². The van der Waals surface area contributed by atoms with Crippen LogP contribution in [0.5, 0.6) is 0 Å². The van der Waals surface area contributed by atoms with Gasteiger partial charge in [-0.2, -0.15) is 0 Å². The molecule has 18 heavy (non-hydrogen) atoms. The molecule has 108 valence electrons. The second-order valence-corrected chi connectivity index (χ2v) is 6.38. The minimum absolute atomic E-state index is 0.667. The lowest BCUT2D eigenvalue weighted by molar-refractivity contribution is 0.101. The summed E-state index contributed by atoms with van der Waals surface area (Å²) in [5.41, 5.74) is 0. The Morgan fingerprint density at radius 1 is 1.11 bits per heavy atom. The van der Waals surface area contributed by atoms with Crippen molar-refractivity contribution < 1.29 is 0 Å².